The summed E-state index contributed by atoms with van der Waals surface area (Å²) in [6.07, 6.45) is 0. The predicted octanol–water partition coefficient (Wildman–Crippen LogP) is 2.85. The van der Waals surface area contributed by atoms with Crippen molar-refractivity contribution in [3.05, 3.63) is 22.4 Å². The number of thiophene rings is 1. The molecule has 23 heavy (non-hydrogen) atoms. The van der Waals surface area contributed by atoms with Crippen molar-refractivity contribution < 1.29 is 8.42 Å². The van der Waals surface area contributed by atoms with Gasteiger partial charge in [-0.25, -0.2) is 8.42 Å². The van der Waals surface area contributed by atoms with E-state index in [-0.39, 0.29) is 29.7 Å². The molecule has 1 rings (SSSR count). The lowest BCUT2D eigenvalue weighted by Crippen LogP contribution is -2.42. The van der Waals surface area contributed by atoms with Crippen LogP contribution in [0.25, 0.3) is 0 Å². The maximum Gasteiger partial charge on any atom is 0.191 e. The van der Waals surface area contributed by atoms with E-state index in [1.54, 1.807) is 39.2 Å². The first kappa shape index (κ1) is 22.6. The molecule has 0 fully saturated rings. The zero-order valence-corrected chi connectivity index (χ0v) is 18.4. The fourth-order valence-corrected chi connectivity index (χ4v) is 3.52. The molecule has 134 valence electrons. The van der Waals surface area contributed by atoms with E-state index in [1.807, 2.05) is 0 Å². The van der Waals surface area contributed by atoms with Gasteiger partial charge in [-0.15, -0.1) is 24.0 Å². The number of guanidine groups is 1. The van der Waals surface area contributed by atoms with Crippen LogP contribution in [0.2, 0.25) is 0 Å². The number of aliphatic imine (C=N–C) groups is 1. The smallest absolute Gasteiger partial charge is 0.191 e. The highest BCUT2D eigenvalue weighted by Gasteiger charge is 2.28. The highest BCUT2D eigenvalue weighted by Crippen LogP contribution is 2.17. The number of rotatable bonds is 6. The van der Waals surface area contributed by atoms with Gasteiger partial charge in [0, 0.05) is 20.1 Å². The topological polar surface area (TPSA) is 70.6 Å². The van der Waals surface area contributed by atoms with Crippen LogP contribution in [-0.4, -0.2) is 45.0 Å². The summed E-state index contributed by atoms with van der Waals surface area (Å²) >= 11 is 1.69. The largest absolute Gasteiger partial charge is 0.356 e. The van der Waals surface area contributed by atoms with Gasteiger partial charge in [0.05, 0.1) is 10.5 Å². The van der Waals surface area contributed by atoms with Crippen molar-refractivity contribution in [2.24, 2.45) is 4.99 Å². The Morgan fingerprint density at radius 2 is 2.00 bits per heavy atom. The molecule has 0 bridgehead atoms. The Morgan fingerprint density at radius 1 is 1.35 bits per heavy atom. The third kappa shape index (κ3) is 7.38. The molecule has 0 radical (unpaired) electrons. The maximum atomic E-state index is 12.0. The van der Waals surface area contributed by atoms with Gasteiger partial charge in [0.15, 0.2) is 15.8 Å². The molecule has 1 aromatic rings. The van der Waals surface area contributed by atoms with Crippen molar-refractivity contribution in [3.63, 3.8) is 0 Å². The summed E-state index contributed by atoms with van der Waals surface area (Å²) in [7, 11) is -1.43. The molecule has 1 heterocycles. The fraction of sp³-hybridized carbons (Fsp3) is 0.667. The Kier molecular flexibility index (Phi) is 9.68. The quantitative estimate of drug-likeness (QED) is 0.379. The number of sulfone groups is 1. The Balaban J connectivity index is 0.00000484. The van der Waals surface area contributed by atoms with Crippen molar-refractivity contribution in [2.45, 2.75) is 38.4 Å². The van der Waals surface area contributed by atoms with E-state index in [9.17, 15) is 8.42 Å². The highest BCUT2D eigenvalue weighted by atomic mass is 127. The summed E-state index contributed by atoms with van der Waals surface area (Å²) in [4.78, 5) is 4.13. The van der Waals surface area contributed by atoms with Crippen LogP contribution in [0.5, 0.6) is 0 Å². The van der Waals surface area contributed by atoms with Crippen molar-refractivity contribution >= 4 is 51.1 Å². The molecular formula is C15H28IN3O2S2. The van der Waals surface area contributed by atoms with Crippen LogP contribution < -0.4 is 10.6 Å². The molecular weight excluding hydrogens is 445 g/mol. The first-order chi connectivity index (χ1) is 10.2. The molecule has 8 heteroatoms. The molecule has 5 nitrogen and oxygen atoms in total. The van der Waals surface area contributed by atoms with E-state index in [0.717, 1.165) is 6.54 Å². The van der Waals surface area contributed by atoms with Gasteiger partial charge in [0.2, 0.25) is 0 Å². The second-order valence-electron chi connectivity index (χ2n) is 6.27. The number of hydrogen-bond acceptors (Lipinski definition) is 4. The van der Waals surface area contributed by atoms with Gasteiger partial charge in [-0.3, -0.25) is 4.99 Å². The summed E-state index contributed by atoms with van der Waals surface area (Å²) in [6, 6.07) is 2.11. The number of hydrogen-bond donors (Lipinski definition) is 2. The lowest BCUT2D eigenvalue weighted by molar-refractivity contribution is 0.559. The normalized spacial score (nSPS) is 14.0. The van der Waals surface area contributed by atoms with Crippen LogP contribution in [-0.2, 0) is 9.84 Å². The lowest BCUT2D eigenvalue weighted by atomic mass is 10.1. The third-order valence-electron chi connectivity index (χ3n) is 3.51. The van der Waals surface area contributed by atoms with Gasteiger partial charge in [-0.05, 0) is 49.1 Å². The van der Waals surface area contributed by atoms with Crippen LogP contribution in [0.3, 0.4) is 0 Å². The molecule has 0 aliphatic heterocycles. The molecule has 0 amide bonds. The van der Waals surface area contributed by atoms with Gasteiger partial charge < -0.3 is 10.6 Å². The summed E-state index contributed by atoms with van der Waals surface area (Å²) in [6.45, 7) is 8.41. The SMILES string of the molecule is CN=C(NCCS(=O)(=O)C(C)(C)C)NCC(C)c1ccsc1.I. The number of nitrogens with zero attached hydrogens (tertiary/aromatic N) is 1. The minimum atomic E-state index is -3.11. The van der Waals surface area contributed by atoms with E-state index in [0.29, 0.717) is 18.4 Å². The van der Waals surface area contributed by atoms with Gasteiger partial charge in [0.1, 0.15) is 0 Å². The Hall–Kier alpha value is -0.350. The summed E-state index contributed by atoms with van der Waals surface area (Å²) in [5.74, 6) is 1.10. The van der Waals surface area contributed by atoms with Crippen LogP contribution in [0.4, 0.5) is 0 Å². The van der Waals surface area contributed by atoms with E-state index >= 15 is 0 Å². The minimum Gasteiger partial charge on any atom is -0.356 e. The van der Waals surface area contributed by atoms with E-state index in [4.69, 9.17) is 0 Å². The second-order valence-corrected chi connectivity index (χ2v) is 9.91. The maximum absolute atomic E-state index is 12.0. The molecule has 2 N–H and O–H groups in total. The fourth-order valence-electron chi connectivity index (χ4n) is 1.75. The van der Waals surface area contributed by atoms with Crippen LogP contribution in [0, 0.1) is 0 Å². The highest BCUT2D eigenvalue weighted by molar-refractivity contribution is 14.0. The van der Waals surface area contributed by atoms with Crippen LogP contribution >= 0.6 is 35.3 Å². The zero-order valence-electron chi connectivity index (χ0n) is 14.4. The standard InChI is InChI=1S/C15H27N3O2S2.HI/c1-12(13-6-8-21-11-13)10-18-14(16-5)17-7-9-22(19,20)15(2,3)4;/h6,8,11-12H,7,9-10H2,1-5H3,(H2,16,17,18);1H. The predicted molar refractivity (Wildman–Crippen MR) is 111 cm³/mol. The summed E-state index contributed by atoms with van der Waals surface area (Å²) in [5, 5.41) is 10.5. The molecule has 0 aromatic carbocycles. The minimum absolute atomic E-state index is 0. The molecule has 1 unspecified atom stereocenters. The van der Waals surface area contributed by atoms with Crippen molar-refractivity contribution in [1.82, 2.24) is 10.6 Å². The number of nitrogens with one attached hydrogen (secondary N) is 2. The van der Waals surface area contributed by atoms with Crippen LogP contribution in [0.15, 0.2) is 21.8 Å². The second kappa shape index (κ2) is 9.83. The molecule has 0 aliphatic carbocycles. The lowest BCUT2D eigenvalue weighted by Gasteiger charge is -2.20. The first-order valence-electron chi connectivity index (χ1n) is 7.36. The Labute approximate surface area is 161 Å². The van der Waals surface area contributed by atoms with Crippen molar-refractivity contribution in [3.8, 4) is 0 Å². The number of halogens is 1. The van der Waals surface area contributed by atoms with Gasteiger partial charge in [-0.1, -0.05) is 6.92 Å². The zero-order chi connectivity index (χ0) is 16.8. The van der Waals surface area contributed by atoms with E-state index in [2.05, 4.69) is 39.4 Å². The molecule has 1 aromatic heterocycles. The van der Waals surface area contributed by atoms with Crippen molar-refractivity contribution in [1.29, 1.82) is 0 Å². The Morgan fingerprint density at radius 3 is 2.48 bits per heavy atom. The molecule has 0 saturated carbocycles. The van der Waals surface area contributed by atoms with Gasteiger partial charge in [-0.2, -0.15) is 11.3 Å². The molecule has 1 atom stereocenters. The average molecular weight is 473 g/mol. The molecule has 0 saturated heterocycles. The third-order valence-corrected chi connectivity index (χ3v) is 6.82. The summed E-state index contributed by atoms with van der Waals surface area (Å²) < 4.78 is 23.4. The molecule has 0 spiro atoms. The summed E-state index contributed by atoms with van der Waals surface area (Å²) in [5.41, 5.74) is 1.29. The van der Waals surface area contributed by atoms with Gasteiger partial charge in [0.25, 0.3) is 0 Å². The van der Waals surface area contributed by atoms with Gasteiger partial charge >= 0.3 is 0 Å². The average Bonchev–Trinajstić information content (AvgIpc) is 2.95. The van der Waals surface area contributed by atoms with E-state index < -0.39 is 14.6 Å². The van der Waals surface area contributed by atoms with E-state index in [1.165, 1.54) is 5.56 Å². The Bertz CT molecular complexity index is 578. The van der Waals surface area contributed by atoms with Crippen molar-refractivity contribution in [2.75, 3.05) is 25.9 Å². The monoisotopic (exact) mass is 473 g/mol. The van der Waals surface area contributed by atoms with Crippen LogP contribution in [0.1, 0.15) is 39.2 Å². The molecule has 0 aliphatic rings. The first-order valence-corrected chi connectivity index (χ1v) is 9.96.